The van der Waals surface area contributed by atoms with Crippen molar-refractivity contribution in [3.63, 3.8) is 0 Å². The highest BCUT2D eigenvalue weighted by Crippen LogP contribution is 2.53. The van der Waals surface area contributed by atoms with Gasteiger partial charge in [0.25, 0.3) is 22.9 Å². The lowest BCUT2D eigenvalue weighted by atomic mass is 9.95. The monoisotopic (exact) mass is 776 g/mol. The largest absolute Gasteiger partial charge is 0.497 e. The summed E-state index contributed by atoms with van der Waals surface area (Å²) in [7, 11) is 3.29. The summed E-state index contributed by atoms with van der Waals surface area (Å²) < 4.78 is 13.8. The number of hydrogen-bond donors (Lipinski definition) is 0. The maximum Gasteiger partial charge on any atom is 0.272 e. The molecule has 0 atom stereocenters. The Morgan fingerprint density at radius 2 is 1.03 bits per heavy atom. The number of aromatic nitrogens is 10. The van der Waals surface area contributed by atoms with E-state index in [4.69, 9.17) is 9.47 Å². The van der Waals surface area contributed by atoms with Gasteiger partial charge in [-0.1, -0.05) is 24.3 Å². The fourth-order valence-electron chi connectivity index (χ4n) is 7.12. The van der Waals surface area contributed by atoms with Crippen molar-refractivity contribution in [2.45, 2.75) is 36.5 Å². The van der Waals surface area contributed by atoms with Gasteiger partial charge in [-0.3, -0.25) is 20.2 Å². The van der Waals surface area contributed by atoms with Crippen molar-refractivity contribution in [1.82, 2.24) is 49.6 Å². The van der Waals surface area contributed by atoms with Gasteiger partial charge in [0.05, 0.1) is 53.0 Å². The molecule has 288 valence electrons. The third kappa shape index (κ3) is 6.35. The smallest absolute Gasteiger partial charge is 0.272 e. The van der Waals surface area contributed by atoms with E-state index in [0.29, 0.717) is 22.9 Å². The maximum absolute atomic E-state index is 10.9. The van der Waals surface area contributed by atoms with Crippen LogP contribution < -0.4 is 9.47 Å². The molecule has 0 bridgehead atoms. The molecule has 2 fully saturated rings. The summed E-state index contributed by atoms with van der Waals surface area (Å²) in [4.78, 5) is 29.8. The Kier molecular flexibility index (Phi) is 8.71. The number of benzene rings is 4. The number of hydrogen-bond acceptors (Lipinski definition) is 14. The van der Waals surface area contributed by atoms with E-state index >= 15 is 0 Å². The molecule has 0 radical (unpaired) electrons. The second kappa shape index (κ2) is 14.1. The Morgan fingerprint density at radius 1 is 0.569 bits per heavy atom. The fraction of sp³-hybridized carbons (Fsp3) is 0.200. The molecular weight excluding hydrogens is 745 g/mol. The van der Waals surface area contributed by atoms with Gasteiger partial charge in [0, 0.05) is 35.4 Å². The van der Waals surface area contributed by atoms with Gasteiger partial charge in [0.1, 0.15) is 17.2 Å². The Morgan fingerprint density at radius 3 is 1.50 bits per heavy atom. The highest BCUT2D eigenvalue weighted by Gasteiger charge is 2.51. The Bertz CT molecular complexity index is 2820. The average Bonchev–Trinajstić information content (AvgIpc) is 4.18. The first-order valence-electron chi connectivity index (χ1n) is 18.2. The molecule has 0 N–H and O–H groups in total. The van der Waals surface area contributed by atoms with Gasteiger partial charge in [-0.15, -0.1) is 20.4 Å². The molecule has 2 aliphatic carbocycles. The summed E-state index contributed by atoms with van der Waals surface area (Å²) >= 11 is 0. The SMILES string of the molecule is COc1ccc(C2(c3nnc4nc(-c5ccc([N+](=O)[O-])cc5)cnn34)CC2)cc1.COc1ccc(C2(c3nnc4ncc(-c5ccc([N+](=O)[O-])cc5)nn34)CC2)cc1. The van der Waals surface area contributed by atoms with Crippen molar-refractivity contribution in [2.75, 3.05) is 14.2 Å². The van der Waals surface area contributed by atoms with Crippen LogP contribution in [-0.4, -0.2) is 73.7 Å². The second-order valence-electron chi connectivity index (χ2n) is 14.0. The normalized spacial score (nSPS) is 14.7. The standard InChI is InChI=1S/2C20H16N6O3/c1-29-16-8-4-14(5-9-16)20(10-11-20)18-23-24-19-22-17(12-21-25(18)19)13-2-6-15(7-3-13)26(27)28;1-29-16-8-4-14(5-9-16)20(10-11-20)18-22-23-19-21-12-17(24-25(18)19)13-2-6-15(7-3-13)26(27)28/h2*2-9,12H,10-11H2,1H3. The predicted molar refractivity (Wildman–Crippen MR) is 207 cm³/mol. The maximum atomic E-state index is 10.9. The van der Waals surface area contributed by atoms with Gasteiger partial charge in [-0.2, -0.15) is 19.2 Å². The molecule has 0 saturated heterocycles. The van der Waals surface area contributed by atoms with E-state index in [2.05, 4.69) is 40.6 Å². The van der Waals surface area contributed by atoms with Gasteiger partial charge < -0.3 is 9.47 Å². The Hall–Kier alpha value is -7.76. The predicted octanol–water partition coefficient (Wildman–Crippen LogP) is 6.37. The van der Waals surface area contributed by atoms with Crippen molar-refractivity contribution in [1.29, 1.82) is 0 Å². The Labute approximate surface area is 328 Å². The zero-order valence-electron chi connectivity index (χ0n) is 31.0. The number of non-ortho nitro benzene ring substituents is 2. The van der Waals surface area contributed by atoms with Crippen molar-refractivity contribution in [3.05, 3.63) is 152 Å². The average molecular weight is 777 g/mol. The summed E-state index contributed by atoms with van der Waals surface area (Å²) in [6.45, 7) is 0. The number of rotatable bonds is 10. The molecule has 18 heteroatoms. The molecule has 58 heavy (non-hydrogen) atoms. The first-order valence-corrected chi connectivity index (χ1v) is 18.2. The van der Waals surface area contributed by atoms with Crippen LogP contribution in [0.1, 0.15) is 48.5 Å². The number of methoxy groups -OCH3 is 2. The molecule has 4 heterocycles. The highest BCUT2D eigenvalue weighted by atomic mass is 16.6. The number of nitro groups is 2. The topological polar surface area (TPSA) is 217 Å². The summed E-state index contributed by atoms with van der Waals surface area (Å²) in [5, 5.41) is 48.1. The van der Waals surface area contributed by atoms with Crippen molar-refractivity contribution >= 4 is 22.9 Å². The third-order valence-electron chi connectivity index (χ3n) is 10.7. The van der Waals surface area contributed by atoms with Crippen molar-refractivity contribution in [2.24, 2.45) is 0 Å². The van der Waals surface area contributed by atoms with Gasteiger partial charge >= 0.3 is 0 Å². The van der Waals surface area contributed by atoms with Crippen molar-refractivity contribution in [3.8, 4) is 34.0 Å². The summed E-state index contributed by atoms with van der Waals surface area (Å²) in [5.74, 6) is 3.94. The Balaban J connectivity index is 0.000000150. The third-order valence-corrected chi connectivity index (χ3v) is 10.7. The van der Waals surface area contributed by atoms with Crippen molar-refractivity contribution < 1.29 is 19.3 Å². The van der Waals surface area contributed by atoms with Crippen LogP contribution in [0.25, 0.3) is 34.1 Å². The summed E-state index contributed by atoms with van der Waals surface area (Å²) in [6, 6.07) is 28.3. The van der Waals surface area contributed by atoms with E-state index < -0.39 is 9.85 Å². The van der Waals surface area contributed by atoms with Crippen LogP contribution in [0.2, 0.25) is 0 Å². The van der Waals surface area contributed by atoms with Crippen LogP contribution >= 0.6 is 0 Å². The lowest BCUT2D eigenvalue weighted by molar-refractivity contribution is -0.385. The molecule has 2 saturated carbocycles. The number of nitro benzene ring substituents is 2. The van der Waals surface area contributed by atoms with E-state index in [1.807, 2.05) is 48.5 Å². The molecule has 4 aromatic carbocycles. The lowest BCUT2D eigenvalue weighted by Gasteiger charge is -2.14. The first kappa shape index (κ1) is 35.9. The van der Waals surface area contributed by atoms with Crippen LogP contribution in [0, 0.1) is 20.2 Å². The van der Waals surface area contributed by atoms with E-state index in [1.54, 1.807) is 59.9 Å². The zero-order chi connectivity index (χ0) is 40.0. The van der Waals surface area contributed by atoms with E-state index in [0.717, 1.165) is 71.1 Å². The molecule has 2 aliphatic rings. The number of ether oxygens (including phenoxy) is 2. The molecule has 0 unspecified atom stereocenters. The van der Waals surface area contributed by atoms with Gasteiger partial charge in [-0.05, 0) is 85.3 Å². The summed E-state index contributed by atoms with van der Waals surface area (Å²) in [5.41, 5.74) is 4.53. The minimum atomic E-state index is -0.433. The van der Waals surface area contributed by atoms with Crippen LogP contribution in [0.15, 0.2) is 109 Å². The number of nitrogens with zero attached hydrogens (tertiary/aromatic N) is 12. The minimum Gasteiger partial charge on any atom is -0.497 e. The molecule has 8 aromatic rings. The van der Waals surface area contributed by atoms with Crippen LogP contribution in [0.5, 0.6) is 11.5 Å². The van der Waals surface area contributed by atoms with Gasteiger partial charge in [-0.25, -0.2) is 9.97 Å². The molecule has 4 aromatic heterocycles. The minimum absolute atomic E-state index is 0.0303. The van der Waals surface area contributed by atoms with Crippen LogP contribution in [0.4, 0.5) is 11.4 Å². The molecule has 10 rings (SSSR count). The van der Waals surface area contributed by atoms with Crippen LogP contribution in [-0.2, 0) is 10.8 Å². The molecule has 18 nitrogen and oxygen atoms in total. The van der Waals surface area contributed by atoms with E-state index in [1.165, 1.54) is 24.3 Å². The molecular formula is C40H32N12O6. The van der Waals surface area contributed by atoms with Gasteiger partial charge in [0.2, 0.25) is 0 Å². The van der Waals surface area contributed by atoms with E-state index in [-0.39, 0.29) is 22.2 Å². The number of fused-ring (bicyclic) bond motifs is 2. The second-order valence-corrected chi connectivity index (χ2v) is 14.0. The highest BCUT2D eigenvalue weighted by molar-refractivity contribution is 5.62. The zero-order valence-corrected chi connectivity index (χ0v) is 31.0. The van der Waals surface area contributed by atoms with Gasteiger partial charge in [0.15, 0.2) is 11.6 Å². The molecule has 0 spiro atoms. The quantitative estimate of drug-likeness (QED) is 0.109. The first-order chi connectivity index (χ1) is 28.2. The van der Waals surface area contributed by atoms with E-state index in [9.17, 15) is 20.2 Å². The fourth-order valence-corrected chi connectivity index (χ4v) is 7.12. The molecule has 0 aliphatic heterocycles. The summed E-state index contributed by atoms with van der Waals surface area (Å²) in [6.07, 6.45) is 7.05. The van der Waals surface area contributed by atoms with Crippen LogP contribution in [0.3, 0.4) is 0 Å². The molecule has 0 amide bonds. The lowest BCUT2D eigenvalue weighted by Crippen LogP contribution is -2.15.